The fraction of sp³-hybridized carbons (Fsp3) is 0.174. The number of carbonyl (C=O) groups excluding carboxylic acids is 1. The van der Waals surface area contributed by atoms with E-state index in [-0.39, 0.29) is 22.0 Å². The molecule has 3 rings (SSSR count). The number of rotatable bonds is 8. The van der Waals surface area contributed by atoms with Crippen LogP contribution in [0, 0.1) is 11.6 Å². The number of halogens is 2. The molecule has 0 fully saturated rings. The Morgan fingerprint density at radius 2 is 1.68 bits per heavy atom. The number of carbonyl (C=O) groups is 1. The van der Waals surface area contributed by atoms with Crippen molar-refractivity contribution in [2.45, 2.75) is 17.7 Å². The lowest BCUT2D eigenvalue weighted by molar-refractivity contribution is 0.0953. The average molecular weight is 445 g/mol. The summed E-state index contributed by atoms with van der Waals surface area (Å²) in [7, 11) is -2.79. The Hall–Kier alpha value is -3.26. The van der Waals surface area contributed by atoms with Crippen LogP contribution in [-0.4, -0.2) is 27.9 Å². The van der Waals surface area contributed by atoms with Gasteiger partial charge in [-0.2, -0.15) is 0 Å². The number of nitrogens with zero attached hydrogens (tertiary/aromatic N) is 1. The van der Waals surface area contributed by atoms with Gasteiger partial charge in [-0.1, -0.05) is 30.3 Å². The van der Waals surface area contributed by atoms with Crippen molar-refractivity contribution in [1.29, 1.82) is 0 Å². The first-order valence-electron chi connectivity index (χ1n) is 9.65. The van der Waals surface area contributed by atoms with Gasteiger partial charge in [-0.25, -0.2) is 17.2 Å². The van der Waals surface area contributed by atoms with E-state index in [1.54, 1.807) is 18.2 Å². The molecule has 0 radical (unpaired) electrons. The Morgan fingerprint density at radius 1 is 0.968 bits per heavy atom. The summed E-state index contributed by atoms with van der Waals surface area (Å²) in [5.74, 6) is -1.37. The average Bonchev–Trinajstić information content (AvgIpc) is 2.77. The molecule has 0 atom stereocenters. The Morgan fingerprint density at radius 3 is 2.39 bits per heavy atom. The lowest BCUT2D eigenvalue weighted by Gasteiger charge is -2.20. The second-order valence-corrected chi connectivity index (χ2v) is 8.91. The second-order valence-electron chi connectivity index (χ2n) is 6.94. The fourth-order valence-electron chi connectivity index (χ4n) is 3.04. The molecule has 162 valence electrons. The molecule has 0 unspecified atom stereocenters. The molecule has 0 aliphatic heterocycles. The van der Waals surface area contributed by atoms with E-state index < -0.39 is 21.7 Å². The zero-order chi connectivity index (χ0) is 22.4. The van der Waals surface area contributed by atoms with Crippen LogP contribution in [0.3, 0.4) is 0 Å². The van der Waals surface area contributed by atoms with Gasteiger partial charge in [0.1, 0.15) is 11.6 Å². The molecule has 5 nitrogen and oxygen atoms in total. The monoisotopic (exact) mass is 444 g/mol. The maximum absolute atomic E-state index is 14.0. The Kier molecular flexibility index (Phi) is 7.02. The van der Waals surface area contributed by atoms with Crippen LogP contribution in [0.4, 0.5) is 14.5 Å². The minimum Gasteiger partial charge on any atom is -0.352 e. The SMILES string of the molecule is CN(c1ccccc1F)S(=O)(=O)c1cccc(C(=O)NCCCc2ccc(F)cc2)c1. The van der Waals surface area contributed by atoms with Gasteiger partial charge in [0.2, 0.25) is 0 Å². The van der Waals surface area contributed by atoms with Gasteiger partial charge in [0.05, 0.1) is 10.6 Å². The van der Waals surface area contributed by atoms with E-state index >= 15 is 0 Å². The quantitative estimate of drug-likeness (QED) is 0.531. The number of hydrogen-bond donors (Lipinski definition) is 1. The smallest absolute Gasteiger partial charge is 0.264 e. The van der Waals surface area contributed by atoms with Crippen molar-refractivity contribution in [3.05, 3.63) is 95.6 Å². The summed E-state index contributed by atoms with van der Waals surface area (Å²) in [4.78, 5) is 12.3. The van der Waals surface area contributed by atoms with Gasteiger partial charge in [0.25, 0.3) is 15.9 Å². The number of amides is 1. The van der Waals surface area contributed by atoms with Crippen LogP contribution in [0.15, 0.2) is 77.7 Å². The number of nitrogens with one attached hydrogen (secondary N) is 1. The largest absolute Gasteiger partial charge is 0.352 e. The van der Waals surface area contributed by atoms with E-state index in [0.717, 1.165) is 9.87 Å². The normalized spacial score (nSPS) is 11.2. The molecule has 0 bridgehead atoms. The molecule has 31 heavy (non-hydrogen) atoms. The van der Waals surface area contributed by atoms with Crippen LogP contribution in [0.25, 0.3) is 0 Å². The summed E-state index contributed by atoms with van der Waals surface area (Å²) in [6.07, 6.45) is 1.31. The molecule has 1 amide bonds. The van der Waals surface area contributed by atoms with Crippen LogP contribution in [0.2, 0.25) is 0 Å². The third-order valence-corrected chi connectivity index (χ3v) is 6.55. The maximum Gasteiger partial charge on any atom is 0.264 e. The van der Waals surface area contributed by atoms with Crippen molar-refractivity contribution in [3.63, 3.8) is 0 Å². The highest BCUT2D eigenvalue weighted by Gasteiger charge is 2.24. The van der Waals surface area contributed by atoms with Gasteiger partial charge >= 0.3 is 0 Å². The van der Waals surface area contributed by atoms with Crippen molar-refractivity contribution in [3.8, 4) is 0 Å². The minimum absolute atomic E-state index is 0.0850. The van der Waals surface area contributed by atoms with Crippen molar-refractivity contribution >= 4 is 21.6 Å². The predicted octanol–water partition coefficient (Wildman–Crippen LogP) is 4.15. The Bertz CT molecular complexity index is 1170. The summed E-state index contributed by atoms with van der Waals surface area (Å²) in [6, 6.07) is 17.3. The van der Waals surface area contributed by atoms with Crippen molar-refractivity contribution < 1.29 is 22.0 Å². The number of anilines is 1. The molecular formula is C23H22F2N2O3S. The number of para-hydroxylation sites is 1. The standard InChI is InChI=1S/C23H22F2N2O3S/c1-27(22-10-3-2-9-21(22)25)31(29,30)20-8-4-7-18(16-20)23(28)26-15-5-6-17-11-13-19(24)14-12-17/h2-4,7-14,16H,5-6,15H2,1H3,(H,26,28). The number of sulfonamides is 1. The topological polar surface area (TPSA) is 66.5 Å². The van der Waals surface area contributed by atoms with Crippen LogP contribution < -0.4 is 9.62 Å². The summed E-state index contributed by atoms with van der Waals surface area (Å²) in [6.45, 7) is 0.377. The van der Waals surface area contributed by atoms with Crippen LogP contribution in [-0.2, 0) is 16.4 Å². The van der Waals surface area contributed by atoms with Gasteiger partial charge in [0.15, 0.2) is 0 Å². The minimum atomic E-state index is -4.05. The summed E-state index contributed by atoms with van der Waals surface area (Å²) in [5.41, 5.74) is 1.06. The van der Waals surface area contributed by atoms with Crippen LogP contribution >= 0.6 is 0 Å². The van der Waals surface area contributed by atoms with Crippen molar-refractivity contribution in [2.75, 3.05) is 17.9 Å². The first-order chi connectivity index (χ1) is 14.8. The molecule has 0 heterocycles. The fourth-order valence-corrected chi connectivity index (χ4v) is 4.29. The lowest BCUT2D eigenvalue weighted by atomic mass is 10.1. The second kappa shape index (κ2) is 9.70. The molecule has 0 aliphatic carbocycles. The maximum atomic E-state index is 14.0. The molecule has 3 aromatic rings. The zero-order valence-electron chi connectivity index (χ0n) is 16.9. The van der Waals surface area contributed by atoms with Gasteiger partial charge in [-0.3, -0.25) is 9.10 Å². The number of hydrogen-bond acceptors (Lipinski definition) is 3. The zero-order valence-corrected chi connectivity index (χ0v) is 17.7. The van der Waals surface area contributed by atoms with E-state index in [2.05, 4.69) is 5.32 Å². The molecule has 0 saturated heterocycles. The highest BCUT2D eigenvalue weighted by molar-refractivity contribution is 7.92. The highest BCUT2D eigenvalue weighted by Crippen LogP contribution is 2.25. The molecule has 8 heteroatoms. The van der Waals surface area contributed by atoms with E-state index in [1.165, 1.54) is 61.6 Å². The molecule has 1 N–H and O–H groups in total. The van der Waals surface area contributed by atoms with E-state index in [1.807, 2.05) is 0 Å². The van der Waals surface area contributed by atoms with Gasteiger partial charge < -0.3 is 5.32 Å². The molecule has 0 saturated carbocycles. The first kappa shape index (κ1) is 22.4. The first-order valence-corrected chi connectivity index (χ1v) is 11.1. The van der Waals surface area contributed by atoms with Gasteiger partial charge in [-0.05, 0) is 60.9 Å². The molecule has 0 spiro atoms. The van der Waals surface area contributed by atoms with E-state index in [4.69, 9.17) is 0 Å². The van der Waals surface area contributed by atoms with Crippen LogP contribution in [0.1, 0.15) is 22.3 Å². The summed E-state index contributed by atoms with van der Waals surface area (Å²) in [5, 5.41) is 2.75. The third kappa shape index (κ3) is 5.46. The number of aryl methyl sites for hydroxylation is 1. The lowest BCUT2D eigenvalue weighted by Crippen LogP contribution is -2.28. The van der Waals surface area contributed by atoms with E-state index in [9.17, 15) is 22.0 Å². The Balaban J connectivity index is 1.65. The molecule has 0 aromatic heterocycles. The Labute approximate surface area is 180 Å². The van der Waals surface area contributed by atoms with E-state index in [0.29, 0.717) is 19.4 Å². The third-order valence-electron chi connectivity index (χ3n) is 4.79. The summed E-state index contributed by atoms with van der Waals surface area (Å²) >= 11 is 0. The molecule has 3 aromatic carbocycles. The molecular weight excluding hydrogens is 422 g/mol. The van der Waals surface area contributed by atoms with Crippen molar-refractivity contribution in [1.82, 2.24) is 5.32 Å². The molecule has 0 aliphatic rings. The highest BCUT2D eigenvalue weighted by atomic mass is 32.2. The van der Waals surface area contributed by atoms with Gasteiger partial charge in [0, 0.05) is 19.2 Å². The number of benzene rings is 3. The van der Waals surface area contributed by atoms with Gasteiger partial charge in [-0.15, -0.1) is 0 Å². The summed E-state index contributed by atoms with van der Waals surface area (Å²) < 4.78 is 53.6. The van der Waals surface area contributed by atoms with Crippen LogP contribution in [0.5, 0.6) is 0 Å². The predicted molar refractivity (Wildman–Crippen MR) is 115 cm³/mol. The van der Waals surface area contributed by atoms with Crippen molar-refractivity contribution in [2.24, 2.45) is 0 Å².